The van der Waals surface area contributed by atoms with Crippen LogP contribution in [0.3, 0.4) is 0 Å². The number of sulfonamides is 1. The van der Waals surface area contributed by atoms with Crippen molar-refractivity contribution in [3.05, 3.63) is 69.1 Å². The van der Waals surface area contributed by atoms with E-state index < -0.39 is 15.8 Å². The zero-order chi connectivity index (χ0) is 22.1. The first-order chi connectivity index (χ1) is 14.0. The topological polar surface area (TPSA) is 74.3 Å². The normalized spacial score (nSPS) is 19.5. The van der Waals surface area contributed by atoms with Crippen LogP contribution in [0.15, 0.2) is 58.2 Å². The second-order valence-electron chi connectivity index (χ2n) is 7.56. The maximum Gasteiger partial charge on any atom is 0.212 e. The molecule has 1 aliphatic heterocycles. The molecule has 0 saturated heterocycles. The monoisotopic (exact) mass is 486 g/mol. The van der Waals surface area contributed by atoms with Gasteiger partial charge in [-0.25, -0.2) is 8.42 Å². The molecule has 0 saturated carbocycles. The predicted molar refractivity (Wildman–Crippen MR) is 123 cm³/mol. The predicted octanol–water partition coefficient (Wildman–Crippen LogP) is 4.63. The Kier molecular flexibility index (Phi) is 6.94. The highest BCUT2D eigenvalue weighted by Gasteiger charge is 2.44. The van der Waals surface area contributed by atoms with Gasteiger partial charge in [-0.2, -0.15) is 4.72 Å². The van der Waals surface area contributed by atoms with Crippen molar-refractivity contribution in [2.75, 3.05) is 6.26 Å². The minimum absolute atomic E-state index is 0.122. The van der Waals surface area contributed by atoms with Gasteiger partial charge in [0.2, 0.25) is 10.0 Å². The van der Waals surface area contributed by atoms with Gasteiger partial charge in [0, 0.05) is 26.8 Å². The van der Waals surface area contributed by atoms with Crippen LogP contribution in [0.25, 0.3) is 0 Å². The van der Waals surface area contributed by atoms with E-state index in [4.69, 9.17) is 23.2 Å². The molecule has 162 valence electrons. The van der Waals surface area contributed by atoms with Crippen LogP contribution in [-0.4, -0.2) is 30.3 Å². The van der Waals surface area contributed by atoms with Gasteiger partial charge >= 0.3 is 0 Å². The van der Waals surface area contributed by atoms with Crippen LogP contribution in [0.1, 0.15) is 26.5 Å². The molecule has 3 rings (SSSR count). The van der Waals surface area contributed by atoms with E-state index >= 15 is 0 Å². The van der Waals surface area contributed by atoms with Crippen molar-refractivity contribution in [2.24, 2.45) is 5.92 Å². The summed E-state index contributed by atoms with van der Waals surface area (Å²) in [5.74, 6) is -0.938. The van der Waals surface area contributed by atoms with Gasteiger partial charge in [0.25, 0.3) is 0 Å². The van der Waals surface area contributed by atoms with Crippen LogP contribution in [0.4, 0.5) is 0 Å². The molecule has 0 amide bonds. The summed E-state index contributed by atoms with van der Waals surface area (Å²) < 4.78 is 27.1. The van der Waals surface area contributed by atoms with Gasteiger partial charge in [0.05, 0.1) is 23.5 Å². The maximum atomic E-state index is 12.2. The lowest BCUT2D eigenvalue weighted by atomic mass is 10.1. The van der Waals surface area contributed by atoms with Crippen LogP contribution in [-0.2, 0) is 16.6 Å². The van der Waals surface area contributed by atoms with Crippen LogP contribution in [0.5, 0.6) is 0 Å². The number of hydrogen-bond acceptors (Lipinski definition) is 6. The first kappa shape index (κ1) is 23.2. The van der Waals surface area contributed by atoms with Gasteiger partial charge in [0.15, 0.2) is 5.79 Å². The third-order valence-corrected chi connectivity index (χ3v) is 6.76. The third-order valence-electron chi connectivity index (χ3n) is 4.45. The first-order valence-electron chi connectivity index (χ1n) is 9.29. The molecule has 0 spiro atoms. The number of hydrogen-bond donors (Lipinski definition) is 2. The molecular formula is C20H24Cl2N4O2S2. The number of halogens is 2. The highest BCUT2D eigenvalue weighted by atomic mass is 35.5. The molecule has 2 aromatic rings. The van der Waals surface area contributed by atoms with E-state index in [2.05, 4.69) is 28.9 Å². The van der Waals surface area contributed by atoms with Gasteiger partial charge in [-0.3, -0.25) is 4.98 Å². The quantitative estimate of drug-likeness (QED) is 0.593. The fraction of sp³-hybridized carbons (Fsp3) is 0.350. The Morgan fingerprint density at radius 1 is 1.23 bits per heavy atom. The van der Waals surface area contributed by atoms with Crippen molar-refractivity contribution in [3.63, 3.8) is 0 Å². The highest BCUT2D eigenvalue weighted by Crippen LogP contribution is 2.42. The van der Waals surface area contributed by atoms with Gasteiger partial charge in [0.1, 0.15) is 0 Å². The lowest BCUT2D eigenvalue weighted by Gasteiger charge is -2.38. The molecule has 1 aromatic carbocycles. The number of benzene rings is 1. The van der Waals surface area contributed by atoms with Gasteiger partial charge in [-0.05, 0) is 43.2 Å². The Morgan fingerprint density at radius 2 is 1.90 bits per heavy atom. The maximum absolute atomic E-state index is 12.2. The summed E-state index contributed by atoms with van der Waals surface area (Å²) in [6.45, 7) is 6.32. The first-order valence-corrected chi connectivity index (χ1v) is 12.8. The van der Waals surface area contributed by atoms with Gasteiger partial charge < -0.3 is 10.2 Å². The number of rotatable bonds is 7. The lowest BCUT2D eigenvalue weighted by molar-refractivity contribution is 0.134. The van der Waals surface area contributed by atoms with Crippen molar-refractivity contribution in [3.8, 4) is 0 Å². The second-order valence-corrected chi connectivity index (χ2v) is 11.2. The number of nitrogens with one attached hydrogen (secondary N) is 2. The van der Waals surface area contributed by atoms with Crippen LogP contribution >= 0.6 is 35.0 Å². The summed E-state index contributed by atoms with van der Waals surface area (Å²) >= 11 is 13.9. The fourth-order valence-corrected chi connectivity index (χ4v) is 6.15. The summed E-state index contributed by atoms with van der Waals surface area (Å²) in [5, 5.41) is 5.35. The molecule has 0 bridgehead atoms. The average Bonchev–Trinajstić information content (AvgIpc) is 2.86. The Morgan fingerprint density at radius 3 is 2.43 bits per heavy atom. The van der Waals surface area contributed by atoms with Crippen molar-refractivity contribution in [2.45, 2.75) is 38.0 Å². The standard InChI is InChI=1S/C20H24Cl2N4O2S2/c1-13(2)18-19(29-17-10-14(21)9-15(22)11-17)26(12-16-7-5-6-8-23-16)20(3,24-18)25-30(4,27)28/h5-11,13,24-25H,12H2,1-4H3. The Bertz CT molecular complexity index is 1040. The zero-order valence-electron chi connectivity index (χ0n) is 17.1. The van der Waals surface area contributed by atoms with Crippen LogP contribution in [0, 0.1) is 5.92 Å². The molecule has 10 heteroatoms. The summed E-state index contributed by atoms with van der Waals surface area (Å²) in [7, 11) is -3.50. The number of nitrogens with zero attached hydrogens (tertiary/aromatic N) is 2. The largest absolute Gasteiger partial charge is 0.351 e. The molecule has 1 aromatic heterocycles. The lowest BCUT2D eigenvalue weighted by Crippen LogP contribution is -2.62. The number of pyridine rings is 1. The molecule has 0 fully saturated rings. The smallest absolute Gasteiger partial charge is 0.212 e. The number of aromatic nitrogens is 1. The molecule has 30 heavy (non-hydrogen) atoms. The molecule has 2 heterocycles. The molecule has 1 atom stereocenters. The second kappa shape index (κ2) is 8.96. The van der Waals surface area contributed by atoms with E-state index in [0.29, 0.717) is 16.6 Å². The summed E-state index contributed by atoms with van der Waals surface area (Å²) in [6.07, 6.45) is 2.87. The minimum atomic E-state index is -3.50. The average molecular weight is 487 g/mol. The molecule has 1 unspecified atom stereocenters. The zero-order valence-corrected chi connectivity index (χ0v) is 20.3. The van der Waals surface area contributed by atoms with E-state index in [0.717, 1.165) is 27.6 Å². The minimum Gasteiger partial charge on any atom is -0.351 e. The summed E-state index contributed by atoms with van der Waals surface area (Å²) in [6, 6.07) is 11.0. The van der Waals surface area contributed by atoms with E-state index in [1.165, 1.54) is 11.8 Å². The van der Waals surface area contributed by atoms with E-state index in [9.17, 15) is 8.42 Å². The Labute approximate surface area is 192 Å². The fourth-order valence-electron chi connectivity index (χ4n) is 3.26. The number of allylic oxidation sites excluding steroid dienone is 1. The van der Waals surface area contributed by atoms with Gasteiger partial charge in [-0.1, -0.05) is 54.9 Å². The summed E-state index contributed by atoms with van der Waals surface area (Å²) in [5.41, 5.74) is 1.73. The van der Waals surface area contributed by atoms with Crippen LogP contribution in [0.2, 0.25) is 10.0 Å². The summed E-state index contributed by atoms with van der Waals surface area (Å²) in [4.78, 5) is 7.26. The highest BCUT2D eigenvalue weighted by molar-refractivity contribution is 8.03. The van der Waals surface area contributed by atoms with Gasteiger partial charge in [-0.15, -0.1) is 0 Å². The Hall–Kier alpha value is -1.45. The molecule has 6 nitrogen and oxygen atoms in total. The number of thioether (sulfide) groups is 1. The third kappa shape index (κ3) is 5.62. The van der Waals surface area contributed by atoms with Crippen molar-refractivity contribution in [1.82, 2.24) is 19.9 Å². The SMILES string of the molecule is CC(C)C1=C(Sc2cc(Cl)cc(Cl)c2)N(Cc2ccccn2)C(C)(NS(C)(=O)=O)N1. The molecule has 2 N–H and O–H groups in total. The Balaban J connectivity index is 2.07. The molecule has 0 radical (unpaired) electrons. The molecular weight excluding hydrogens is 463 g/mol. The van der Waals surface area contributed by atoms with Crippen molar-refractivity contribution in [1.29, 1.82) is 0 Å². The van der Waals surface area contributed by atoms with E-state index in [1.54, 1.807) is 19.2 Å². The molecule has 1 aliphatic rings. The van der Waals surface area contributed by atoms with Crippen molar-refractivity contribution >= 4 is 45.0 Å². The van der Waals surface area contributed by atoms with E-state index in [-0.39, 0.29) is 5.92 Å². The van der Waals surface area contributed by atoms with E-state index in [1.807, 2.05) is 35.2 Å². The molecule has 0 aliphatic carbocycles. The van der Waals surface area contributed by atoms with Crippen LogP contribution < -0.4 is 10.0 Å². The van der Waals surface area contributed by atoms with Crippen molar-refractivity contribution < 1.29 is 8.42 Å².